The molecule has 35 heteroatoms. The minimum absolute atomic E-state index is 0.00179. The molecular weight excluding hydrogens is 1670 g/mol. The maximum atomic E-state index is 15.7. The van der Waals surface area contributed by atoms with Gasteiger partial charge in [0.1, 0.15) is 60.2 Å². The number of Topliss-reactive ketones (excluding diaryl/α,β-unsaturated/α-hetero) is 3. The monoisotopic (exact) mass is 1800 g/mol. The number of esters is 1. The van der Waals surface area contributed by atoms with Crippen molar-refractivity contribution in [3.63, 3.8) is 0 Å². The third-order valence-electron chi connectivity index (χ3n) is 23.2. The van der Waals surface area contributed by atoms with Crippen LogP contribution in [0.2, 0.25) is 0 Å². The highest BCUT2D eigenvalue weighted by molar-refractivity contribution is 7.91. The van der Waals surface area contributed by atoms with E-state index < -0.39 is 131 Å². The second-order valence-corrected chi connectivity index (χ2v) is 34.4. The summed E-state index contributed by atoms with van der Waals surface area (Å²) in [5.41, 5.74) is 16.5. The van der Waals surface area contributed by atoms with Gasteiger partial charge in [0.05, 0.1) is 137 Å². The number of cyclic esters (lactones) is 1. The number of amides is 4. The molecule has 706 valence electrons. The van der Waals surface area contributed by atoms with Gasteiger partial charge in [0, 0.05) is 106 Å². The molecule has 1 unspecified atom stereocenters. The van der Waals surface area contributed by atoms with E-state index in [2.05, 4.69) is 15.6 Å². The highest BCUT2D eigenvalue weighted by Gasteiger charge is 2.50. The number of aromatic nitrogens is 1. The second-order valence-electron chi connectivity index (χ2n) is 32.8. The number of anilines is 1. The molecule has 5 aliphatic rings. The van der Waals surface area contributed by atoms with Crippen LogP contribution in [0.25, 0.3) is 11.1 Å². The Hall–Kier alpha value is -8.05. The van der Waals surface area contributed by atoms with Gasteiger partial charge in [-0.1, -0.05) is 63.3 Å². The van der Waals surface area contributed by atoms with E-state index in [0.717, 1.165) is 27.2 Å². The largest absolute Gasteiger partial charge is 0.611 e. The fourth-order valence-electron chi connectivity index (χ4n) is 15.9. The molecule has 4 amide bonds. The summed E-state index contributed by atoms with van der Waals surface area (Å²) in [4.78, 5) is 117. The number of nitrogens with zero attached hydrogens (tertiary/aromatic N) is 3. The fourth-order valence-corrected chi connectivity index (χ4v) is 16.9. The van der Waals surface area contributed by atoms with Crippen molar-refractivity contribution < 1.29 is 129 Å². The minimum Gasteiger partial charge on any atom is -0.611 e. The SMILES string of the molecule is CO[C@H]1C[C@@H]2CCC[C@@](O)(O2)C(=O)C(=O)N2CCCC[C@H]2C(=O)O[C@H]([C@H](N)C[C@@H]2CC[C@@H](OC(=O)NCCOCCOCCOCCOCCOCCOCCOCCOCCC(=O)NCC[S+]([O-])c3ccc(C(=O)N4CCOc5ccc(-c6ccc(N)nc6)cc5C4)c(C)c3F)[C@H](OC)C2)CC(=O)[C@H](C)/C=C(\C)[C@@H](O)[C@@H](O)C(=O)[C@H](C)C[C@H](C)/C=C/C=C/C=C/1C. The predicted octanol–water partition coefficient (Wildman–Crippen LogP) is 7.28. The third-order valence-corrected chi connectivity index (χ3v) is 24.6. The molecule has 0 spiro atoms. The number of allylic oxidation sites excluding steroid dienone is 6. The zero-order chi connectivity index (χ0) is 91.8. The minimum atomic E-state index is -2.47. The number of methoxy groups -OCH3 is 2. The first kappa shape index (κ1) is 104. The van der Waals surface area contributed by atoms with E-state index in [-0.39, 0.29) is 149 Å². The zero-order valence-electron chi connectivity index (χ0n) is 74.8. The normalized spacial score (nSPS) is 26.5. The number of fused-ring (bicyclic) bond motifs is 4. The Bertz CT molecular complexity index is 4100. The van der Waals surface area contributed by atoms with Crippen molar-refractivity contribution in [3.8, 4) is 16.9 Å². The van der Waals surface area contributed by atoms with Gasteiger partial charge in [-0.25, -0.2) is 19.0 Å². The summed E-state index contributed by atoms with van der Waals surface area (Å²) >= 11 is -1.79. The number of nitrogens with one attached hydrogen (secondary N) is 2. The van der Waals surface area contributed by atoms with Crippen LogP contribution in [0.3, 0.4) is 0 Å². The molecule has 1 aromatic heterocycles. The van der Waals surface area contributed by atoms with Crippen LogP contribution in [-0.4, -0.2) is 301 Å². The number of hydrogen-bond donors (Lipinski definition) is 7. The highest BCUT2D eigenvalue weighted by Crippen LogP contribution is 2.37. The van der Waals surface area contributed by atoms with Crippen LogP contribution in [0, 0.1) is 36.4 Å². The Morgan fingerprint density at radius 1 is 0.717 bits per heavy atom. The lowest BCUT2D eigenvalue weighted by atomic mass is 9.80. The molecule has 9 N–H and O–H groups in total. The van der Waals surface area contributed by atoms with Crippen molar-refractivity contribution in [3.05, 3.63) is 119 Å². The van der Waals surface area contributed by atoms with Crippen molar-refractivity contribution in [2.45, 2.75) is 203 Å². The van der Waals surface area contributed by atoms with Crippen molar-refractivity contribution in [2.75, 3.05) is 164 Å². The first-order chi connectivity index (χ1) is 61.1. The Kier molecular flexibility index (Phi) is 45.3. The van der Waals surface area contributed by atoms with Crippen LogP contribution in [0.4, 0.5) is 15.0 Å². The van der Waals surface area contributed by atoms with E-state index in [0.29, 0.717) is 142 Å². The molecule has 2 aromatic carbocycles. The summed E-state index contributed by atoms with van der Waals surface area (Å²) in [5, 5.41) is 39.7. The summed E-state index contributed by atoms with van der Waals surface area (Å²) in [6, 6.07) is 9.87. The zero-order valence-corrected chi connectivity index (χ0v) is 75.6. The third kappa shape index (κ3) is 34.0. The van der Waals surface area contributed by atoms with Crippen LogP contribution in [0.1, 0.15) is 146 Å². The molecule has 15 atom stereocenters. The number of aliphatic hydroxyl groups is 3. The number of benzene rings is 2. The number of alkyl carbamates (subject to hydrolysis) is 1. The molecule has 33 nitrogen and oxygen atoms in total. The first-order valence-electron chi connectivity index (χ1n) is 44.3. The van der Waals surface area contributed by atoms with Gasteiger partial charge in [0.25, 0.3) is 17.6 Å². The topological polar surface area (TPSA) is 445 Å². The fraction of sp³-hybridized carbons (Fsp3) is 0.641. The first-order valence-corrected chi connectivity index (χ1v) is 45.6. The molecule has 3 fully saturated rings. The molecule has 2 bridgehead atoms. The number of nitrogens with two attached hydrogens (primary N) is 2. The Morgan fingerprint density at radius 3 is 2.02 bits per heavy atom. The van der Waals surface area contributed by atoms with E-state index in [1.165, 1.54) is 39.2 Å². The van der Waals surface area contributed by atoms with Crippen molar-refractivity contribution >= 4 is 64.1 Å². The number of ether oxygens (including phenoxy) is 14. The second kappa shape index (κ2) is 55.2. The van der Waals surface area contributed by atoms with Gasteiger partial charge in [-0.15, -0.1) is 0 Å². The number of rotatable bonds is 39. The standard InChI is InChI=1S/C92H134FN7O26S/c1-60-15-10-9-11-16-61(2)77(113-7)56-70-17-14-28-92(111,126-70)87(106)89(108)100-31-13-12-18-73(100)90(109)124-78(57-74(101)62(3)52-64(5)85(104)86(105)84(103)63(4)51-60)72(94)53-66-19-23-76(79(54-66)114-8)125-91(110)97-29-34-116-37-39-118-41-43-120-45-47-122-49-48-121-46-44-119-42-40-117-38-36-115-33-27-82(102)96-30-50-127(112)80-25-22-71(65(6)83(80)93)88(107)99-32-35-123-75-24-20-67(55-69(75)59-99)68-21-26-81(95)98-58-68/h9-11,15-16,20-22,24-26,52,55,58,60,62-63,66,70,72-73,76-79,85-86,104-105,111H,12-14,17-19,23,27-51,53-54,56-57,59,94H2,1-8H3,(H2,95,98)(H,96,102)(H,97,110)/b11-9+,15-10+,61-16+,64-52+/t60-,62-,63-,66+,70+,72-,73+,76-,77+,78+,79-,85-,86+,92-,127?/m1/s1. The van der Waals surface area contributed by atoms with Crippen LogP contribution in [-0.2, 0) is 108 Å². The van der Waals surface area contributed by atoms with Crippen LogP contribution < -0.4 is 26.8 Å². The number of piperidine rings is 1. The lowest BCUT2D eigenvalue weighted by Gasteiger charge is -2.40. The Labute approximate surface area is 747 Å². The average molecular weight is 1810 g/mol. The average Bonchev–Trinajstić information content (AvgIpc) is 1.61. The molecule has 1 aliphatic carbocycles. The number of carbonyl (C=O) groups excluding carboxylic acids is 8. The summed E-state index contributed by atoms with van der Waals surface area (Å²) in [6.45, 7) is 16.0. The maximum Gasteiger partial charge on any atom is 0.407 e. The van der Waals surface area contributed by atoms with E-state index in [1.807, 2.05) is 68.5 Å². The molecule has 5 heterocycles. The number of carbonyl (C=O) groups is 8. The summed E-state index contributed by atoms with van der Waals surface area (Å²) < 4.78 is 109. The summed E-state index contributed by atoms with van der Waals surface area (Å²) in [7, 11) is 3.05. The van der Waals surface area contributed by atoms with Gasteiger partial charge in [-0.05, 0) is 161 Å². The van der Waals surface area contributed by atoms with Gasteiger partial charge >= 0.3 is 12.1 Å². The van der Waals surface area contributed by atoms with Gasteiger partial charge in [-0.2, -0.15) is 0 Å². The molecule has 1 saturated carbocycles. The molecule has 8 rings (SSSR count). The smallest absolute Gasteiger partial charge is 0.407 e. The number of ketones is 3. The predicted molar refractivity (Wildman–Crippen MR) is 468 cm³/mol. The number of aliphatic hydroxyl groups excluding tert-OH is 2. The number of halogens is 1. The molecule has 0 radical (unpaired) electrons. The van der Waals surface area contributed by atoms with E-state index >= 15 is 4.39 Å². The van der Waals surface area contributed by atoms with E-state index in [4.69, 9.17) is 77.8 Å². The van der Waals surface area contributed by atoms with Gasteiger partial charge in [-0.3, -0.25) is 28.8 Å². The van der Waals surface area contributed by atoms with E-state index in [9.17, 15) is 58.2 Å². The number of pyridine rings is 1. The van der Waals surface area contributed by atoms with Crippen molar-refractivity contribution in [1.29, 1.82) is 0 Å². The Morgan fingerprint density at radius 2 is 1.37 bits per heavy atom. The van der Waals surface area contributed by atoms with Crippen molar-refractivity contribution in [2.24, 2.45) is 29.4 Å². The summed E-state index contributed by atoms with van der Waals surface area (Å²) in [6.07, 6.45) is 8.31. The Balaban J connectivity index is 0.633. The summed E-state index contributed by atoms with van der Waals surface area (Å²) in [5.74, 6) is -8.93. The van der Waals surface area contributed by atoms with Crippen LogP contribution in [0.15, 0.2) is 101 Å². The lowest BCUT2D eigenvalue weighted by Crippen LogP contribution is -2.58. The molecular formula is C92H134FN7O26S. The van der Waals surface area contributed by atoms with Gasteiger partial charge < -0.3 is 118 Å². The lowest BCUT2D eigenvalue weighted by molar-refractivity contribution is -0.245. The number of hydrogen-bond acceptors (Lipinski definition) is 29. The molecule has 3 aromatic rings. The van der Waals surface area contributed by atoms with Crippen LogP contribution >= 0.6 is 0 Å². The quantitative estimate of drug-likeness (QED) is 0.00969. The van der Waals surface area contributed by atoms with Crippen molar-refractivity contribution in [1.82, 2.24) is 25.4 Å². The molecule has 2 saturated heterocycles. The van der Waals surface area contributed by atoms with E-state index in [1.54, 1.807) is 38.1 Å². The van der Waals surface area contributed by atoms with Gasteiger partial charge in [0.15, 0.2) is 16.5 Å². The maximum absolute atomic E-state index is 15.7. The highest BCUT2D eigenvalue weighted by atomic mass is 32.2. The van der Waals surface area contributed by atoms with Gasteiger partial charge in [0.2, 0.25) is 11.7 Å². The van der Waals surface area contributed by atoms with Crippen LogP contribution in [0.5, 0.6) is 5.75 Å². The number of nitrogen functional groups attached to an aromatic ring is 1. The molecule has 127 heavy (non-hydrogen) atoms. The molecule has 4 aliphatic heterocycles.